The van der Waals surface area contributed by atoms with Crippen LogP contribution in [0, 0.1) is 0 Å². The monoisotopic (exact) mass is 176 g/mol. The maximum absolute atomic E-state index is 9.26. The third-order valence-corrected chi connectivity index (χ3v) is 2.39. The van der Waals surface area contributed by atoms with Crippen molar-refractivity contribution >= 4 is 0 Å². The van der Waals surface area contributed by atoms with Crippen molar-refractivity contribution in [3.05, 3.63) is 0 Å². The van der Waals surface area contributed by atoms with Gasteiger partial charge in [0.25, 0.3) is 0 Å². The molecule has 12 heavy (non-hydrogen) atoms. The van der Waals surface area contributed by atoms with Crippen molar-refractivity contribution in [2.75, 3.05) is 0 Å². The molecule has 4 nitrogen and oxygen atoms in total. The Bertz CT molecular complexity index is 123. The average molecular weight is 176 g/mol. The SMILES string of the molecule is OC1CCCCC(O)[C@H](O)[C@@H]1O. The molecule has 4 N–H and O–H groups in total. The number of aliphatic hydroxyl groups is 4. The van der Waals surface area contributed by atoms with Crippen LogP contribution < -0.4 is 0 Å². The van der Waals surface area contributed by atoms with E-state index in [-0.39, 0.29) is 0 Å². The summed E-state index contributed by atoms with van der Waals surface area (Å²) < 4.78 is 0. The van der Waals surface area contributed by atoms with Crippen LogP contribution in [-0.4, -0.2) is 44.8 Å². The van der Waals surface area contributed by atoms with E-state index in [1.807, 2.05) is 0 Å². The molecule has 4 atom stereocenters. The van der Waals surface area contributed by atoms with Crippen molar-refractivity contribution in [3.63, 3.8) is 0 Å². The molecule has 0 saturated heterocycles. The van der Waals surface area contributed by atoms with Crippen LogP contribution in [0.3, 0.4) is 0 Å². The van der Waals surface area contributed by atoms with Crippen LogP contribution in [0.25, 0.3) is 0 Å². The number of hydrogen-bond acceptors (Lipinski definition) is 4. The first kappa shape index (κ1) is 9.92. The van der Waals surface area contributed by atoms with E-state index >= 15 is 0 Å². The van der Waals surface area contributed by atoms with E-state index in [9.17, 15) is 20.4 Å². The van der Waals surface area contributed by atoms with Gasteiger partial charge in [0, 0.05) is 0 Å². The molecule has 0 spiro atoms. The second-order valence-electron chi connectivity index (χ2n) is 3.40. The average Bonchev–Trinajstić information content (AvgIpc) is 2.07. The Kier molecular flexibility index (Phi) is 3.46. The summed E-state index contributed by atoms with van der Waals surface area (Å²) in [5, 5.41) is 37.0. The highest BCUT2D eigenvalue weighted by Gasteiger charge is 2.31. The standard InChI is InChI=1S/C8H16O4/c9-5-3-1-2-4-6(10)8(12)7(5)11/h5-12H,1-4H2/t5?,6?,7-,8+. The Balaban J connectivity index is 2.55. The molecule has 0 aromatic carbocycles. The Morgan fingerprint density at radius 1 is 0.667 bits per heavy atom. The first-order valence-electron chi connectivity index (χ1n) is 4.35. The fourth-order valence-corrected chi connectivity index (χ4v) is 1.50. The highest BCUT2D eigenvalue weighted by atomic mass is 16.4. The zero-order valence-corrected chi connectivity index (χ0v) is 6.93. The molecule has 4 heteroatoms. The quantitative estimate of drug-likeness (QED) is 0.382. The Morgan fingerprint density at radius 2 is 1.00 bits per heavy atom. The predicted octanol–water partition coefficient (Wildman–Crippen LogP) is -0.996. The third-order valence-electron chi connectivity index (χ3n) is 2.39. The molecule has 0 amide bonds. The molecule has 0 aromatic rings. The van der Waals surface area contributed by atoms with Crippen molar-refractivity contribution in [3.8, 4) is 0 Å². The van der Waals surface area contributed by atoms with Gasteiger partial charge in [-0.05, 0) is 12.8 Å². The van der Waals surface area contributed by atoms with Gasteiger partial charge >= 0.3 is 0 Å². The van der Waals surface area contributed by atoms with Crippen LogP contribution in [0.1, 0.15) is 25.7 Å². The van der Waals surface area contributed by atoms with Crippen LogP contribution in [-0.2, 0) is 0 Å². The molecule has 2 unspecified atom stereocenters. The van der Waals surface area contributed by atoms with Gasteiger partial charge in [-0.2, -0.15) is 0 Å². The normalized spacial score (nSPS) is 45.0. The summed E-state index contributed by atoms with van der Waals surface area (Å²) in [7, 11) is 0. The van der Waals surface area contributed by atoms with E-state index in [2.05, 4.69) is 0 Å². The van der Waals surface area contributed by atoms with E-state index in [0.29, 0.717) is 12.8 Å². The molecule has 1 fully saturated rings. The first-order chi connectivity index (χ1) is 5.63. The van der Waals surface area contributed by atoms with Gasteiger partial charge in [-0.3, -0.25) is 0 Å². The smallest absolute Gasteiger partial charge is 0.108 e. The summed E-state index contributed by atoms with van der Waals surface area (Å²) >= 11 is 0. The van der Waals surface area contributed by atoms with E-state index < -0.39 is 24.4 Å². The van der Waals surface area contributed by atoms with E-state index in [1.165, 1.54) is 0 Å². The highest BCUT2D eigenvalue weighted by Crippen LogP contribution is 2.18. The molecule has 1 aliphatic rings. The van der Waals surface area contributed by atoms with Crippen molar-refractivity contribution in [1.82, 2.24) is 0 Å². The number of aliphatic hydroxyl groups excluding tert-OH is 4. The summed E-state index contributed by atoms with van der Waals surface area (Å²) in [6.45, 7) is 0. The molecule has 0 radical (unpaired) electrons. The van der Waals surface area contributed by atoms with E-state index in [0.717, 1.165) is 12.8 Å². The maximum Gasteiger partial charge on any atom is 0.108 e. The fourth-order valence-electron chi connectivity index (χ4n) is 1.50. The lowest BCUT2D eigenvalue weighted by Crippen LogP contribution is -2.45. The number of hydrogen-bond donors (Lipinski definition) is 4. The Hall–Kier alpha value is -0.160. The zero-order chi connectivity index (χ0) is 9.14. The molecule has 1 aliphatic carbocycles. The molecule has 0 aliphatic heterocycles. The lowest BCUT2D eigenvalue weighted by molar-refractivity contribution is -0.114. The topological polar surface area (TPSA) is 80.9 Å². The molecule has 72 valence electrons. The van der Waals surface area contributed by atoms with Gasteiger partial charge in [0.15, 0.2) is 0 Å². The molecule has 1 saturated carbocycles. The molecule has 1 rings (SSSR count). The molecular formula is C8H16O4. The van der Waals surface area contributed by atoms with Crippen LogP contribution >= 0.6 is 0 Å². The summed E-state index contributed by atoms with van der Waals surface area (Å²) in [4.78, 5) is 0. The van der Waals surface area contributed by atoms with Gasteiger partial charge in [-0.1, -0.05) is 12.8 Å². The van der Waals surface area contributed by atoms with E-state index in [4.69, 9.17) is 0 Å². The molecule has 0 aromatic heterocycles. The Labute approximate surface area is 71.5 Å². The molecule has 0 heterocycles. The lowest BCUT2D eigenvalue weighted by atomic mass is 9.92. The summed E-state index contributed by atoms with van der Waals surface area (Å²) in [5.74, 6) is 0. The van der Waals surface area contributed by atoms with Crippen molar-refractivity contribution in [2.45, 2.75) is 50.1 Å². The first-order valence-corrected chi connectivity index (χ1v) is 4.35. The molecule has 0 bridgehead atoms. The minimum atomic E-state index is -1.21. The zero-order valence-electron chi connectivity index (χ0n) is 6.93. The predicted molar refractivity (Wildman–Crippen MR) is 42.5 cm³/mol. The van der Waals surface area contributed by atoms with Gasteiger partial charge in [0.2, 0.25) is 0 Å². The van der Waals surface area contributed by atoms with Crippen molar-refractivity contribution in [2.24, 2.45) is 0 Å². The Morgan fingerprint density at radius 3 is 1.33 bits per heavy atom. The van der Waals surface area contributed by atoms with Gasteiger partial charge in [-0.25, -0.2) is 0 Å². The van der Waals surface area contributed by atoms with Gasteiger partial charge in [0.05, 0.1) is 12.2 Å². The van der Waals surface area contributed by atoms with E-state index in [1.54, 1.807) is 0 Å². The molecular weight excluding hydrogens is 160 g/mol. The van der Waals surface area contributed by atoms with Crippen LogP contribution in [0.4, 0.5) is 0 Å². The highest BCUT2D eigenvalue weighted by molar-refractivity contribution is 4.82. The van der Waals surface area contributed by atoms with Crippen molar-refractivity contribution in [1.29, 1.82) is 0 Å². The largest absolute Gasteiger partial charge is 0.390 e. The van der Waals surface area contributed by atoms with Crippen LogP contribution in [0.5, 0.6) is 0 Å². The second-order valence-corrected chi connectivity index (χ2v) is 3.40. The summed E-state index contributed by atoms with van der Waals surface area (Å²) in [6.07, 6.45) is -1.69. The maximum atomic E-state index is 9.26. The minimum Gasteiger partial charge on any atom is -0.390 e. The third kappa shape index (κ3) is 2.17. The summed E-state index contributed by atoms with van der Waals surface area (Å²) in [6, 6.07) is 0. The minimum absolute atomic E-state index is 0.491. The van der Waals surface area contributed by atoms with Gasteiger partial charge in [-0.15, -0.1) is 0 Å². The van der Waals surface area contributed by atoms with Crippen LogP contribution in [0.15, 0.2) is 0 Å². The van der Waals surface area contributed by atoms with Crippen LogP contribution in [0.2, 0.25) is 0 Å². The van der Waals surface area contributed by atoms with Crippen molar-refractivity contribution < 1.29 is 20.4 Å². The van der Waals surface area contributed by atoms with Gasteiger partial charge in [0.1, 0.15) is 12.2 Å². The lowest BCUT2D eigenvalue weighted by Gasteiger charge is -2.28. The fraction of sp³-hybridized carbons (Fsp3) is 1.00. The number of rotatable bonds is 0. The second kappa shape index (κ2) is 4.18. The van der Waals surface area contributed by atoms with Gasteiger partial charge < -0.3 is 20.4 Å². The summed E-state index contributed by atoms with van der Waals surface area (Å²) in [5.41, 5.74) is 0.